The van der Waals surface area contributed by atoms with Gasteiger partial charge in [0.05, 0.1) is 0 Å². The lowest BCUT2D eigenvalue weighted by atomic mass is 10.0. The summed E-state index contributed by atoms with van der Waals surface area (Å²) in [6.07, 6.45) is -1.68. The number of ketones is 1. The topological polar surface area (TPSA) is 43.8 Å². The standard InChI is InChI=1S/C23H29FN2O2S/c24-22(18-21(27)23(28)19-8-3-1-4-9-19)26-15-13-25(14-16-26)12-7-17-29-20-10-5-2-6-11-20/h1-6,8-11,21-22,27H,7,12-18H2. The minimum absolute atomic E-state index is 0.179. The Morgan fingerprint density at radius 3 is 2.28 bits per heavy atom. The first-order valence-corrected chi connectivity index (χ1v) is 11.2. The molecule has 3 rings (SSSR count). The van der Waals surface area contributed by atoms with E-state index in [9.17, 15) is 14.3 Å². The number of piperazine rings is 1. The van der Waals surface area contributed by atoms with E-state index in [1.165, 1.54) is 4.90 Å². The number of rotatable bonds is 10. The molecule has 0 bridgehead atoms. The average molecular weight is 417 g/mol. The van der Waals surface area contributed by atoms with Crippen molar-refractivity contribution in [3.63, 3.8) is 0 Å². The maximum atomic E-state index is 14.6. The summed E-state index contributed by atoms with van der Waals surface area (Å²) >= 11 is 1.87. The van der Waals surface area contributed by atoms with Gasteiger partial charge in [-0.15, -0.1) is 11.8 Å². The van der Waals surface area contributed by atoms with Gasteiger partial charge in [0.2, 0.25) is 0 Å². The minimum atomic E-state index is -1.31. The number of aliphatic hydroxyl groups is 1. The maximum Gasteiger partial charge on any atom is 0.191 e. The second-order valence-corrected chi connectivity index (χ2v) is 8.48. The number of carbonyl (C=O) groups excluding carboxylic acids is 1. The van der Waals surface area contributed by atoms with Gasteiger partial charge in [-0.25, -0.2) is 4.39 Å². The van der Waals surface area contributed by atoms with Crippen molar-refractivity contribution in [1.82, 2.24) is 9.80 Å². The Hall–Kier alpha value is -1.73. The van der Waals surface area contributed by atoms with Gasteiger partial charge >= 0.3 is 0 Å². The zero-order chi connectivity index (χ0) is 20.5. The van der Waals surface area contributed by atoms with Gasteiger partial charge < -0.3 is 10.0 Å². The van der Waals surface area contributed by atoms with Crippen LogP contribution in [0.1, 0.15) is 23.2 Å². The fourth-order valence-electron chi connectivity index (χ4n) is 3.50. The molecule has 1 fully saturated rings. The molecule has 0 saturated carbocycles. The summed E-state index contributed by atoms with van der Waals surface area (Å²) in [5, 5.41) is 10.1. The summed E-state index contributed by atoms with van der Waals surface area (Å²) in [5.74, 6) is 0.659. The van der Waals surface area contributed by atoms with Crippen LogP contribution in [0.2, 0.25) is 0 Å². The van der Waals surface area contributed by atoms with E-state index in [0.29, 0.717) is 18.7 Å². The molecule has 4 nitrogen and oxygen atoms in total. The molecule has 1 aliphatic rings. The highest BCUT2D eigenvalue weighted by atomic mass is 32.2. The molecule has 6 heteroatoms. The van der Waals surface area contributed by atoms with Crippen molar-refractivity contribution in [3.8, 4) is 0 Å². The SMILES string of the molecule is O=C(c1ccccc1)C(O)CC(F)N1CCN(CCCSc2ccccc2)CC1. The highest BCUT2D eigenvalue weighted by Gasteiger charge is 2.28. The van der Waals surface area contributed by atoms with E-state index in [4.69, 9.17) is 0 Å². The van der Waals surface area contributed by atoms with Crippen LogP contribution in [0.5, 0.6) is 0 Å². The Morgan fingerprint density at radius 1 is 1.00 bits per heavy atom. The molecule has 0 radical (unpaired) electrons. The lowest BCUT2D eigenvalue weighted by Crippen LogP contribution is -2.50. The van der Waals surface area contributed by atoms with E-state index < -0.39 is 18.2 Å². The molecule has 1 N–H and O–H groups in total. The molecular formula is C23H29FN2O2S. The third-order valence-corrected chi connectivity index (χ3v) is 6.31. The van der Waals surface area contributed by atoms with Crippen LogP contribution < -0.4 is 0 Å². The molecule has 0 spiro atoms. The molecule has 0 aliphatic carbocycles. The molecular weight excluding hydrogens is 387 g/mol. The van der Waals surface area contributed by atoms with Crippen molar-refractivity contribution < 1.29 is 14.3 Å². The van der Waals surface area contributed by atoms with E-state index in [1.54, 1.807) is 35.2 Å². The van der Waals surface area contributed by atoms with E-state index in [0.717, 1.165) is 31.8 Å². The molecule has 1 heterocycles. The fraction of sp³-hybridized carbons (Fsp3) is 0.435. The molecule has 2 atom stereocenters. The quantitative estimate of drug-likeness (QED) is 0.277. The Kier molecular flexibility index (Phi) is 8.68. The largest absolute Gasteiger partial charge is 0.385 e. The molecule has 156 valence electrons. The molecule has 0 aromatic heterocycles. The Bertz CT molecular complexity index is 739. The normalized spacial score (nSPS) is 17.7. The van der Waals surface area contributed by atoms with Gasteiger partial charge in [0.25, 0.3) is 0 Å². The van der Waals surface area contributed by atoms with Crippen molar-refractivity contribution in [3.05, 3.63) is 66.2 Å². The van der Waals surface area contributed by atoms with Gasteiger partial charge in [0, 0.05) is 43.1 Å². The zero-order valence-corrected chi connectivity index (χ0v) is 17.4. The van der Waals surface area contributed by atoms with E-state index in [1.807, 2.05) is 17.8 Å². The van der Waals surface area contributed by atoms with Crippen LogP contribution in [0, 0.1) is 0 Å². The number of benzene rings is 2. The van der Waals surface area contributed by atoms with Crippen LogP contribution in [0.15, 0.2) is 65.6 Å². The summed E-state index contributed by atoms with van der Waals surface area (Å²) in [5.41, 5.74) is 0.422. The summed E-state index contributed by atoms with van der Waals surface area (Å²) < 4.78 is 14.6. The molecule has 2 aromatic rings. The lowest BCUT2D eigenvalue weighted by Gasteiger charge is -2.36. The van der Waals surface area contributed by atoms with E-state index in [-0.39, 0.29) is 6.42 Å². The molecule has 2 aromatic carbocycles. The number of Topliss-reactive ketones (excluding diaryl/α,β-unsaturated/α-hetero) is 1. The first kappa shape index (κ1) is 22.0. The van der Waals surface area contributed by atoms with Crippen molar-refractivity contribution in [2.24, 2.45) is 0 Å². The zero-order valence-electron chi connectivity index (χ0n) is 16.6. The van der Waals surface area contributed by atoms with Gasteiger partial charge in [-0.05, 0) is 30.9 Å². The number of halogens is 1. The minimum Gasteiger partial charge on any atom is -0.385 e. The highest BCUT2D eigenvalue weighted by molar-refractivity contribution is 7.99. The Balaban J connectivity index is 1.33. The van der Waals surface area contributed by atoms with Gasteiger partial charge in [0.1, 0.15) is 6.10 Å². The van der Waals surface area contributed by atoms with Crippen LogP contribution in [0.3, 0.4) is 0 Å². The number of thioether (sulfide) groups is 1. The summed E-state index contributed by atoms with van der Waals surface area (Å²) in [6, 6.07) is 19.0. The van der Waals surface area contributed by atoms with Crippen LogP contribution in [-0.2, 0) is 0 Å². The monoisotopic (exact) mass is 416 g/mol. The first-order valence-electron chi connectivity index (χ1n) is 10.2. The van der Waals surface area contributed by atoms with Crippen molar-refractivity contribution in [1.29, 1.82) is 0 Å². The maximum absolute atomic E-state index is 14.6. The number of alkyl halides is 1. The van der Waals surface area contributed by atoms with Gasteiger partial charge in [0.15, 0.2) is 12.1 Å². The third-order valence-electron chi connectivity index (χ3n) is 5.21. The van der Waals surface area contributed by atoms with Crippen molar-refractivity contribution in [2.45, 2.75) is 30.1 Å². The third kappa shape index (κ3) is 6.93. The van der Waals surface area contributed by atoms with Crippen LogP contribution in [0.25, 0.3) is 0 Å². The number of nitrogens with zero attached hydrogens (tertiary/aromatic N) is 2. The van der Waals surface area contributed by atoms with Gasteiger partial charge in [-0.1, -0.05) is 48.5 Å². The highest BCUT2D eigenvalue weighted by Crippen LogP contribution is 2.19. The predicted octanol–water partition coefficient (Wildman–Crippen LogP) is 3.72. The smallest absolute Gasteiger partial charge is 0.191 e. The van der Waals surface area contributed by atoms with Gasteiger partial charge in [-0.3, -0.25) is 9.69 Å². The number of hydrogen-bond acceptors (Lipinski definition) is 5. The van der Waals surface area contributed by atoms with Crippen LogP contribution in [-0.4, -0.2) is 71.6 Å². The Labute approximate surface area is 176 Å². The Morgan fingerprint density at radius 2 is 1.62 bits per heavy atom. The van der Waals surface area contributed by atoms with E-state index >= 15 is 0 Å². The first-order chi connectivity index (χ1) is 14.1. The second-order valence-electron chi connectivity index (χ2n) is 7.31. The van der Waals surface area contributed by atoms with Crippen molar-refractivity contribution >= 4 is 17.5 Å². The summed E-state index contributed by atoms with van der Waals surface area (Å²) in [6.45, 7) is 3.90. The second kappa shape index (κ2) is 11.5. The molecule has 29 heavy (non-hydrogen) atoms. The number of aliphatic hydroxyl groups excluding tert-OH is 1. The van der Waals surface area contributed by atoms with E-state index in [2.05, 4.69) is 29.2 Å². The molecule has 2 unspecified atom stereocenters. The van der Waals surface area contributed by atoms with Crippen molar-refractivity contribution in [2.75, 3.05) is 38.5 Å². The summed E-state index contributed by atoms with van der Waals surface area (Å²) in [7, 11) is 0. The fourth-order valence-corrected chi connectivity index (χ4v) is 4.36. The summed E-state index contributed by atoms with van der Waals surface area (Å²) in [4.78, 5) is 17.6. The molecule has 1 saturated heterocycles. The lowest BCUT2D eigenvalue weighted by molar-refractivity contribution is 0.00242. The average Bonchev–Trinajstić information content (AvgIpc) is 2.78. The number of hydrogen-bond donors (Lipinski definition) is 1. The predicted molar refractivity (Wildman–Crippen MR) is 116 cm³/mol. The molecule has 1 aliphatic heterocycles. The number of carbonyl (C=O) groups is 1. The van der Waals surface area contributed by atoms with Crippen LogP contribution in [0.4, 0.5) is 4.39 Å². The molecule has 0 amide bonds. The van der Waals surface area contributed by atoms with Gasteiger partial charge in [-0.2, -0.15) is 0 Å². The van der Waals surface area contributed by atoms with Crippen LogP contribution >= 0.6 is 11.8 Å².